The fraction of sp³-hybridized carbons (Fsp3) is 0.333. The normalized spacial score (nSPS) is 14.6. The molecule has 0 bridgehead atoms. The Morgan fingerprint density at radius 3 is 2.27 bits per heavy atom. The topological polar surface area (TPSA) is 63.4 Å². The number of alkyl halides is 2. The van der Waals surface area contributed by atoms with Crippen LogP contribution in [0, 0.1) is 10.1 Å². The minimum atomic E-state index is -0.440. The fourth-order valence-electron chi connectivity index (χ4n) is 1.08. The van der Waals surface area contributed by atoms with Gasteiger partial charge in [-0.3, -0.25) is 10.1 Å². The summed E-state index contributed by atoms with van der Waals surface area (Å²) in [6.45, 7) is -0.00704. The molecular formula is C9H9Br2NO3. The molecule has 0 saturated carbocycles. The van der Waals surface area contributed by atoms with Crippen LogP contribution in [0.1, 0.15) is 10.4 Å². The average Bonchev–Trinajstić information content (AvgIpc) is 2.27. The number of non-ortho nitro benzene ring substituents is 1. The molecule has 1 N–H and O–H groups in total. The Hall–Kier alpha value is -0.460. The van der Waals surface area contributed by atoms with Gasteiger partial charge in [0, 0.05) is 12.1 Å². The van der Waals surface area contributed by atoms with Crippen LogP contribution in [-0.4, -0.2) is 21.5 Å². The summed E-state index contributed by atoms with van der Waals surface area (Å²) in [4.78, 5) is 9.80. The van der Waals surface area contributed by atoms with Crippen molar-refractivity contribution in [3.63, 3.8) is 0 Å². The quantitative estimate of drug-likeness (QED) is 0.521. The minimum absolute atomic E-state index is 0.00704. The smallest absolute Gasteiger partial charge is 0.269 e. The average molecular weight is 339 g/mol. The Labute approximate surface area is 104 Å². The van der Waals surface area contributed by atoms with Crippen LogP contribution in [0.25, 0.3) is 0 Å². The zero-order chi connectivity index (χ0) is 11.4. The summed E-state index contributed by atoms with van der Waals surface area (Å²) in [6.07, 6.45) is 0. The summed E-state index contributed by atoms with van der Waals surface area (Å²) < 4.78 is 0. The van der Waals surface area contributed by atoms with Crippen molar-refractivity contribution in [3.8, 4) is 0 Å². The Morgan fingerprint density at radius 2 is 1.87 bits per heavy atom. The zero-order valence-electron chi connectivity index (χ0n) is 7.64. The number of nitro groups is 1. The Balaban J connectivity index is 2.84. The van der Waals surface area contributed by atoms with E-state index in [0.717, 1.165) is 5.56 Å². The van der Waals surface area contributed by atoms with Crippen LogP contribution in [0.5, 0.6) is 0 Å². The maximum atomic E-state index is 10.4. The highest BCUT2D eigenvalue weighted by molar-refractivity contribution is 9.12. The lowest BCUT2D eigenvalue weighted by Gasteiger charge is -2.14. The van der Waals surface area contributed by atoms with E-state index in [1.807, 2.05) is 0 Å². The van der Waals surface area contributed by atoms with E-state index < -0.39 is 4.92 Å². The molecule has 6 heteroatoms. The Bertz CT molecular complexity index is 342. The molecule has 0 aromatic heterocycles. The first-order valence-corrected chi connectivity index (χ1v) is 6.02. The molecule has 0 radical (unpaired) electrons. The third kappa shape index (κ3) is 3.25. The summed E-state index contributed by atoms with van der Waals surface area (Å²) >= 11 is 6.69. The van der Waals surface area contributed by atoms with Gasteiger partial charge in [0.25, 0.3) is 5.69 Å². The molecule has 0 spiro atoms. The maximum absolute atomic E-state index is 10.4. The van der Waals surface area contributed by atoms with Gasteiger partial charge in [0.05, 0.1) is 21.2 Å². The molecule has 0 unspecified atom stereocenters. The van der Waals surface area contributed by atoms with Gasteiger partial charge < -0.3 is 5.11 Å². The van der Waals surface area contributed by atoms with Gasteiger partial charge in [-0.25, -0.2) is 0 Å². The second-order valence-electron chi connectivity index (χ2n) is 2.95. The second kappa shape index (κ2) is 5.58. The Morgan fingerprint density at radius 1 is 1.33 bits per heavy atom. The van der Waals surface area contributed by atoms with E-state index in [2.05, 4.69) is 31.9 Å². The van der Waals surface area contributed by atoms with Crippen molar-refractivity contribution in [3.05, 3.63) is 39.9 Å². The van der Waals surface area contributed by atoms with E-state index in [9.17, 15) is 10.1 Å². The van der Waals surface area contributed by atoms with Crippen molar-refractivity contribution in [1.82, 2.24) is 0 Å². The predicted molar refractivity (Wildman–Crippen MR) is 64.6 cm³/mol. The lowest BCUT2D eigenvalue weighted by molar-refractivity contribution is -0.384. The molecule has 1 rings (SSSR count). The molecule has 4 nitrogen and oxygen atoms in total. The van der Waals surface area contributed by atoms with Crippen LogP contribution in [0.3, 0.4) is 0 Å². The van der Waals surface area contributed by atoms with Crippen LogP contribution < -0.4 is 0 Å². The zero-order valence-corrected chi connectivity index (χ0v) is 10.8. The van der Waals surface area contributed by atoms with Gasteiger partial charge >= 0.3 is 0 Å². The van der Waals surface area contributed by atoms with E-state index in [4.69, 9.17) is 5.11 Å². The first kappa shape index (κ1) is 12.6. The maximum Gasteiger partial charge on any atom is 0.269 e. The van der Waals surface area contributed by atoms with Gasteiger partial charge in [0.2, 0.25) is 0 Å². The lowest BCUT2D eigenvalue weighted by Crippen LogP contribution is -2.10. The summed E-state index contributed by atoms with van der Waals surface area (Å²) in [5.74, 6) is 0. The van der Waals surface area contributed by atoms with Crippen molar-refractivity contribution >= 4 is 37.5 Å². The molecular weight excluding hydrogens is 330 g/mol. The minimum Gasteiger partial charge on any atom is -0.395 e. The summed E-state index contributed by atoms with van der Waals surface area (Å²) in [5, 5.41) is 19.3. The number of nitrogens with zero attached hydrogens (tertiary/aromatic N) is 1. The highest BCUT2D eigenvalue weighted by Crippen LogP contribution is 2.31. The van der Waals surface area contributed by atoms with Gasteiger partial charge in [-0.2, -0.15) is 0 Å². The monoisotopic (exact) mass is 337 g/mol. The number of hydrogen-bond donors (Lipinski definition) is 1. The Kier molecular flexibility index (Phi) is 4.69. The number of benzene rings is 1. The second-order valence-corrected chi connectivity index (χ2v) is 5.11. The van der Waals surface area contributed by atoms with Crippen LogP contribution in [0.2, 0.25) is 0 Å². The summed E-state index contributed by atoms with van der Waals surface area (Å²) in [7, 11) is 0. The van der Waals surface area contributed by atoms with E-state index >= 15 is 0 Å². The van der Waals surface area contributed by atoms with Gasteiger partial charge in [-0.05, 0) is 5.56 Å². The SMILES string of the molecule is O=[N+]([O-])c1ccc([C@H](Br)[C@@H](Br)CO)cc1. The highest BCUT2D eigenvalue weighted by Gasteiger charge is 2.17. The number of rotatable bonds is 4. The van der Waals surface area contributed by atoms with Crippen molar-refractivity contribution in [2.75, 3.05) is 6.61 Å². The molecule has 0 aliphatic carbocycles. The lowest BCUT2D eigenvalue weighted by atomic mass is 10.1. The van der Waals surface area contributed by atoms with Crippen LogP contribution in [0.4, 0.5) is 5.69 Å². The molecule has 82 valence electrons. The van der Waals surface area contributed by atoms with Gasteiger partial charge in [-0.15, -0.1) is 0 Å². The number of hydrogen-bond acceptors (Lipinski definition) is 3. The summed E-state index contributed by atoms with van der Waals surface area (Å²) in [5.41, 5.74) is 0.949. The molecule has 15 heavy (non-hydrogen) atoms. The van der Waals surface area contributed by atoms with Crippen molar-refractivity contribution in [2.45, 2.75) is 9.65 Å². The molecule has 1 aromatic rings. The third-order valence-electron chi connectivity index (χ3n) is 1.91. The van der Waals surface area contributed by atoms with Gasteiger partial charge in [0.15, 0.2) is 0 Å². The van der Waals surface area contributed by atoms with Gasteiger partial charge in [0.1, 0.15) is 0 Å². The first-order valence-electron chi connectivity index (χ1n) is 4.19. The van der Waals surface area contributed by atoms with E-state index in [-0.39, 0.29) is 21.9 Å². The molecule has 2 atom stereocenters. The van der Waals surface area contributed by atoms with E-state index in [1.54, 1.807) is 12.1 Å². The standard InChI is InChI=1S/C9H9Br2NO3/c10-8(5-13)9(11)6-1-3-7(4-2-6)12(14)15/h1-4,8-9,13H,5H2/t8-,9-/m0/s1. The highest BCUT2D eigenvalue weighted by atomic mass is 79.9. The number of halogens is 2. The van der Waals surface area contributed by atoms with Crippen LogP contribution in [0.15, 0.2) is 24.3 Å². The van der Waals surface area contributed by atoms with Crippen molar-refractivity contribution in [2.24, 2.45) is 0 Å². The molecule has 0 fully saturated rings. The molecule has 0 amide bonds. The van der Waals surface area contributed by atoms with E-state index in [0.29, 0.717) is 0 Å². The van der Waals surface area contributed by atoms with Crippen LogP contribution in [-0.2, 0) is 0 Å². The van der Waals surface area contributed by atoms with Crippen LogP contribution >= 0.6 is 31.9 Å². The fourth-order valence-corrected chi connectivity index (χ4v) is 1.86. The summed E-state index contributed by atoms with van der Waals surface area (Å²) in [6, 6.07) is 6.23. The molecule has 0 aliphatic rings. The predicted octanol–water partition coefficient (Wildman–Crippen LogP) is 2.79. The van der Waals surface area contributed by atoms with Crippen molar-refractivity contribution in [1.29, 1.82) is 0 Å². The molecule has 0 aliphatic heterocycles. The van der Waals surface area contributed by atoms with Crippen molar-refractivity contribution < 1.29 is 10.0 Å². The number of nitro benzene ring substituents is 1. The number of aliphatic hydroxyl groups excluding tert-OH is 1. The molecule has 0 heterocycles. The largest absolute Gasteiger partial charge is 0.395 e. The molecule has 0 saturated heterocycles. The molecule has 1 aromatic carbocycles. The third-order valence-corrected chi connectivity index (χ3v) is 4.61. The first-order chi connectivity index (χ1) is 7.06. The van der Waals surface area contributed by atoms with E-state index in [1.165, 1.54) is 12.1 Å². The number of aliphatic hydroxyl groups is 1. The van der Waals surface area contributed by atoms with Gasteiger partial charge in [-0.1, -0.05) is 44.0 Å².